The summed E-state index contributed by atoms with van der Waals surface area (Å²) in [6.07, 6.45) is 4.54. The minimum Gasteiger partial charge on any atom is -0.466 e. The van der Waals surface area contributed by atoms with Gasteiger partial charge in [-0.05, 0) is 19.8 Å². The van der Waals surface area contributed by atoms with Crippen molar-refractivity contribution in [2.24, 2.45) is 0 Å². The first-order valence-electron chi connectivity index (χ1n) is 6.85. The van der Waals surface area contributed by atoms with Gasteiger partial charge >= 0.3 is 5.97 Å². The van der Waals surface area contributed by atoms with Crippen LogP contribution in [0.15, 0.2) is 11.6 Å². The third kappa shape index (κ3) is 3.22. The van der Waals surface area contributed by atoms with Crippen LogP contribution in [0.3, 0.4) is 0 Å². The molecule has 1 aliphatic carbocycles. The van der Waals surface area contributed by atoms with Gasteiger partial charge in [0.15, 0.2) is 11.6 Å². The first-order valence-corrected chi connectivity index (χ1v) is 6.85. The molecule has 0 aromatic rings. The minimum atomic E-state index is -0.791. The Balaban J connectivity index is 1.81. The molecule has 0 saturated carbocycles. The van der Waals surface area contributed by atoms with Crippen LogP contribution in [0.25, 0.3) is 0 Å². The standard InChI is InChI=1S/C14H20O5/c1-2-17-13(16)7-3-6-12(15)11-5-4-8-14(11)18-9-10-19-14/h5H,2-4,6-10H2,1H3. The lowest BCUT2D eigenvalue weighted by Crippen LogP contribution is -2.33. The number of ether oxygens (including phenoxy) is 3. The highest BCUT2D eigenvalue weighted by atomic mass is 16.7. The number of allylic oxidation sites excluding steroid dienone is 1. The summed E-state index contributed by atoms with van der Waals surface area (Å²) in [7, 11) is 0. The summed E-state index contributed by atoms with van der Waals surface area (Å²) in [5, 5.41) is 0. The molecule has 0 bridgehead atoms. The molecule has 2 rings (SSSR count). The number of esters is 1. The van der Waals surface area contributed by atoms with Crippen molar-refractivity contribution in [3.05, 3.63) is 11.6 Å². The molecule has 1 aliphatic heterocycles. The Bertz CT molecular complexity index is 379. The van der Waals surface area contributed by atoms with Crippen LogP contribution in [-0.2, 0) is 23.8 Å². The maximum Gasteiger partial charge on any atom is 0.305 e. The molecular formula is C14H20O5. The summed E-state index contributed by atoms with van der Waals surface area (Å²) in [6.45, 7) is 3.22. The van der Waals surface area contributed by atoms with Crippen molar-refractivity contribution in [1.29, 1.82) is 0 Å². The highest BCUT2D eigenvalue weighted by molar-refractivity contribution is 5.97. The molecule has 106 valence electrons. The van der Waals surface area contributed by atoms with Crippen molar-refractivity contribution < 1.29 is 23.8 Å². The molecule has 5 nitrogen and oxygen atoms in total. The maximum absolute atomic E-state index is 12.2. The number of carbonyl (C=O) groups excluding carboxylic acids is 2. The molecule has 0 radical (unpaired) electrons. The second kappa shape index (κ2) is 6.30. The summed E-state index contributed by atoms with van der Waals surface area (Å²) in [5.74, 6) is -1.02. The van der Waals surface area contributed by atoms with Crippen LogP contribution >= 0.6 is 0 Å². The van der Waals surface area contributed by atoms with Crippen molar-refractivity contribution in [3.63, 3.8) is 0 Å². The molecular weight excluding hydrogens is 248 g/mol. The van der Waals surface area contributed by atoms with Crippen LogP contribution in [0.2, 0.25) is 0 Å². The Labute approximate surface area is 112 Å². The van der Waals surface area contributed by atoms with Gasteiger partial charge in [-0.15, -0.1) is 0 Å². The molecule has 19 heavy (non-hydrogen) atoms. The van der Waals surface area contributed by atoms with E-state index in [1.54, 1.807) is 6.92 Å². The zero-order valence-electron chi connectivity index (χ0n) is 11.3. The fourth-order valence-electron chi connectivity index (χ4n) is 2.54. The monoisotopic (exact) mass is 268 g/mol. The van der Waals surface area contributed by atoms with Crippen molar-refractivity contribution in [2.75, 3.05) is 19.8 Å². The van der Waals surface area contributed by atoms with E-state index in [-0.39, 0.29) is 18.2 Å². The molecule has 1 heterocycles. The lowest BCUT2D eigenvalue weighted by atomic mass is 10.0. The molecule has 0 atom stereocenters. The second-order valence-corrected chi connectivity index (χ2v) is 4.69. The Morgan fingerprint density at radius 2 is 2.05 bits per heavy atom. The van der Waals surface area contributed by atoms with Gasteiger partial charge in [0, 0.05) is 24.8 Å². The van der Waals surface area contributed by atoms with Gasteiger partial charge in [0.05, 0.1) is 19.8 Å². The number of carbonyl (C=O) groups is 2. The molecule has 0 unspecified atom stereocenters. The fourth-order valence-corrected chi connectivity index (χ4v) is 2.54. The molecule has 0 aromatic carbocycles. The van der Waals surface area contributed by atoms with E-state index in [1.165, 1.54) is 0 Å². The average molecular weight is 268 g/mol. The molecule has 0 amide bonds. The highest BCUT2D eigenvalue weighted by Gasteiger charge is 2.45. The van der Waals surface area contributed by atoms with Gasteiger partial charge in [0.25, 0.3) is 0 Å². The lowest BCUT2D eigenvalue weighted by Gasteiger charge is -2.24. The predicted molar refractivity (Wildman–Crippen MR) is 67.4 cm³/mol. The molecule has 1 saturated heterocycles. The van der Waals surface area contributed by atoms with Crippen molar-refractivity contribution in [2.45, 2.75) is 44.8 Å². The summed E-state index contributed by atoms with van der Waals surface area (Å²) in [6, 6.07) is 0. The Kier molecular flexibility index (Phi) is 4.71. The SMILES string of the molecule is CCOC(=O)CCCC(=O)C1=CCCC12OCCO2. The van der Waals surface area contributed by atoms with Crippen LogP contribution in [0, 0.1) is 0 Å². The maximum atomic E-state index is 12.2. The number of hydrogen-bond acceptors (Lipinski definition) is 5. The van der Waals surface area contributed by atoms with E-state index in [4.69, 9.17) is 14.2 Å². The quantitative estimate of drug-likeness (QED) is 0.687. The summed E-state index contributed by atoms with van der Waals surface area (Å²) in [4.78, 5) is 23.4. The lowest BCUT2D eigenvalue weighted by molar-refractivity contribution is -0.143. The highest BCUT2D eigenvalue weighted by Crippen LogP contribution is 2.39. The van der Waals surface area contributed by atoms with Gasteiger partial charge in [-0.1, -0.05) is 6.08 Å². The van der Waals surface area contributed by atoms with E-state index in [2.05, 4.69) is 0 Å². The van der Waals surface area contributed by atoms with Gasteiger partial charge in [-0.3, -0.25) is 9.59 Å². The van der Waals surface area contributed by atoms with Gasteiger partial charge in [0.2, 0.25) is 0 Å². The second-order valence-electron chi connectivity index (χ2n) is 4.69. The van der Waals surface area contributed by atoms with Gasteiger partial charge < -0.3 is 14.2 Å². The van der Waals surface area contributed by atoms with E-state index < -0.39 is 5.79 Å². The van der Waals surface area contributed by atoms with Crippen molar-refractivity contribution in [3.8, 4) is 0 Å². The van der Waals surface area contributed by atoms with Crippen LogP contribution in [0.4, 0.5) is 0 Å². The van der Waals surface area contributed by atoms with Crippen LogP contribution in [0.1, 0.15) is 39.0 Å². The minimum absolute atomic E-state index is 0.0173. The van der Waals surface area contributed by atoms with E-state index in [0.717, 1.165) is 6.42 Å². The zero-order valence-corrected chi connectivity index (χ0v) is 11.3. The first-order chi connectivity index (χ1) is 9.18. The molecule has 1 spiro atoms. The number of Topliss-reactive ketones (excluding diaryl/α,β-unsaturated/α-hetero) is 1. The summed E-state index contributed by atoms with van der Waals surface area (Å²) in [5.41, 5.74) is 0.633. The smallest absolute Gasteiger partial charge is 0.305 e. The number of hydrogen-bond donors (Lipinski definition) is 0. The normalized spacial score (nSPS) is 20.6. The van der Waals surface area contributed by atoms with Crippen molar-refractivity contribution in [1.82, 2.24) is 0 Å². The van der Waals surface area contributed by atoms with E-state index in [9.17, 15) is 9.59 Å². The fraction of sp³-hybridized carbons (Fsp3) is 0.714. The molecule has 5 heteroatoms. The molecule has 2 aliphatic rings. The third-order valence-electron chi connectivity index (χ3n) is 3.38. The number of rotatable bonds is 6. The summed E-state index contributed by atoms with van der Waals surface area (Å²) >= 11 is 0. The molecule has 1 fully saturated rings. The van der Waals surface area contributed by atoms with E-state index in [0.29, 0.717) is 44.7 Å². The summed E-state index contributed by atoms with van der Waals surface area (Å²) < 4.78 is 16.0. The average Bonchev–Trinajstić information content (AvgIpc) is 3.00. The van der Waals surface area contributed by atoms with Crippen LogP contribution < -0.4 is 0 Å². The number of ketones is 1. The van der Waals surface area contributed by atoms with Gasteiger partial charge in [-0.2, -0.15) is 0 Å². The van der Waals surface area contributed by atoms with Gasteiger partial charge in [-0.25, -0.2) is 0 Å². The zero-order chi connectivity index (χ0) is 13.7. The molecule has 0 N–H and O–H groups in total. The molecule has 0 aromatic heterocycles. The predicted octanol–water partition coefficient (Wildman–Crippen LogP) is 1.75. The van der Waals surface area contributed by atoms with Crippen LogP contribution in [0.5, 0.6) is 0 Å². The largest absolute Gasteiger partial charge is 0.466 e. The Morgan fingerprint density at radius 3 is 2.74 bits per heavy atom. The first kappa shape index (κ1) is 14.2. The topological polar surface area (TPSA) is 61.8 Å². The van der Waals surface area contributed by atoms with Gasteiger partial charge in [0.1, 0.15) is 0 Å². The Hall–Kier alpha value is -1.20. The Morgan fingerprint density at radius 1 is 1.32 bits per heavy atom. The van der Waals surface area contributed by atoms with E-state index >= 15 is 0 Å². The van der Waals surface area contributed by atoms with E-state index in [1.807, 2.05) is 6.08 Å². The third-order valence-corrected chi connectivity index (χ3v) is 3.38. The van der Waals surface area contributed by atoms with Crippen molar-refractivity contribution >= 4 is 11.8 Å². The van der Waals surface area contributed by atoms with Crippen LogP contribution in [-0.4, -0.2) is 37.4 Å².